The fourth-order valence-corrected chi connectivity index (χ4v) is 11.0. The first kappa shape index (κ1) is 34.4. The minimum absolute atomic E-state index is 0.0463. The second-order valence-corrected chi connectivity index (χ2v) is 17.3. The lowest BCUT2D eigenvalue weighted by atomic mass is 9.79. The molecule has 4 aromatic heterocycles. The van der Waals surface area contributed by atoms with Crippen LogP contribution in [0.5, 0.6) is 0 Å². The number of piperidine rings is 1. The Labute approximate surface area is 333 Å². The zero-order chi connectivity index (χ0) is 38.0. The summed E-state index contributed by atoms with van der Waals surface area (Å²) in [5.74, 6) is 0.440. The quantitative estimate of drug-likeness (QED) is 0.173. The number of aromatic nitrogens is 4. The van der Waals surface area contributed by atoms with Crippen LogP contribution < -0.4 is 10.2 Å². The van der Waals surface area contributed by atoms with Crippen LogP contribution in [-0.4, -0.2) is 62.0 Å². The van der Waals surface area contributed by atoms with Crippen molar-refractivity contribution in [2.45, 2.75) is 69.6 Å². The van der Waals surface area contributed by atoms with Crippen molar-refractivity contribution < 1.29 is 9.18 Å². The van der Waals surface area contributed by atoms with Crippen LogP contribution in [0, 0.1) is 41.8 Å². The molecule has 2 aromatic carbocycles. The summed E-state index contributed by atoms with van der Waals surface area (Å²) in [7, 11) is 0. The maximum Gasteiger partial charge on any atom is 0.226 e. The van der Waals surface area contributed by atoms with Crippen LogP contribution in [0.3, 0.4) is 0 Å². The van der Waals surface area contributed by atoms with E-state index >= 15 is 4.39 Å². The van der Waals surface area contributed by atoms with Gasteiger partial charge in [0.2, 0.25) is 5.91 Å². The first-order valence-electron chi connectivity index (χ1n) is 19.8. The number of likely N-dealkylation sites (tertiary alicyclic amines) is 1. The van der Waals surface area contributed by atoms with E-state index in [1.165, 1.54) is 0 Å². The van der Waals surface area contributed by atoms with E-state index in [0.29, 0.717) is 39.4 Å². The number of halogens is 3. The van der Waals surface area contributed by atoms with Crippen molar-refractivity contribution in [3.63, 3.8) is 0 Å². The van der Waals surface area contributed by atoms with Gasteiger partial charge in [0.05, 0.1) is 62.7 Å². The van der Waals surface area contributed by atoms with E-state index < -0.39 is 5.82 Å². The van der Waals surface area contributed by atoms with E-state index in [1.807, 2.05) is 31.3 Å². The van der Waals surface area contributed by atoms with Crippen molar-refractivity contribution in [2.24, 2.45) is 17.8 Å². The highest BCUT2D eigenvalue weighted by Gasteiger charge is 2.55. The summed E-state index contributed by atoms with van der Waals surface area (Å²) in [5.41, 5.74) is 7.31. The molecule has 4 aliphatic heterocycles. The maximum absolute atomic E-state index is 17.4. The minimum Gasteiger partial charge on any atom is -0.368 e. The molecule has 12 heteroatoms. The molecule has 0 spiro atoms. The van der Waals surface area contributed by atoms with E-state index in [0.717, 1.165) is 84.3 Å². The number of hydrogen-bond acceptors (Lipinski definition) is 7. The van der Waals surface area contributed by atoms with Crippen LogP contribution >= 0.6 is 23.2 Å². The predicted molar refractivity (Wildman–Crippen MR) is 216 cm³/mol. The number of aryl methyl sites for hydroxylation is 2. The summed E-state index contributed by atoms with van der Waals surface area (Å²) in [4.78, 5) is 33.5. The molecule has 6 fully saturated rings. The Morgan fingerprint density at radius 3 is 2.70 bits per heavy atom. The largest absolute Gasteiger partial charge is 0.368 e. The molecular weight excluding hydrogens is 746 g/mol. The smallest absolute Gasteiger partial charge is 0.226 e. The summed E-state index contributed by atoms with van der Waals surface area (Å²) in [6.45, 7) is 4.39. The third-order valence-electron chi connectivity index (χ3n) is 13.3. The molecule has 8 heterocycles. The summed E-state index contributed by atoms with van der Waals surface area (Å²) < 4.78 is 19.9. The number of anilines is 1. The third-order valence-corrected chi connectivity index (χ3v) is 14.1. The lowest BCUT2D eigenvalue weighted by Gasteiger charge is -2.40. The second-order valence-electron chi connectivity index (χ2n) is 16.5. The summed E-state index contributed by atoms with van der Waals surface area (Å²) in [5, 5.41) is 15.7. The second kappa shape index (κ2) is 12.9. The molecule has 0 radical (unpaired) electrons. The molecule has 2 saturated carbocycles. The summed E-state index contributed by atoms with van der Waals surface area (Å²) in [6.07, 6.45) is 8.16. The van der Waals surface area contributed by atoms with Crippen LogP contribution in [0.2, 0.25) is 10.0 Å². The highest BCUT2D eigenvalue weighted by atomic mass is 35.5. The average molecular weight is 786 g/mol. The monoisotopic (exact) mass is 784 g/mol. The average Bonchev–Trinajstić information content (AvgIpc) is 3.48. The highest BCUT2D eigenvalue weighted by molar-refractivity contribution is 6.43. The van der Waals surface area contributed by atoms with Crippen molar-refractivity contribution in [3.8, 4) is 17.2 Å². The van der Waals surface area contributed by atoms with Crippen molar-refractivity contribution in [3.05, 3.63) is 93.7 Å². The molecule has 0 unspecified atom stereocenters. The van der Waals surface area contributed by atoms with Gasteiger partial charge < -0.3 is 19.7 Å². The van der Waals surface area contributed by atoms with Gasteiger partial charge in [-0.15, -0.1) is 0 Å². The molecule has 6 aliphatic rings. The molecule has 56 heavy (non-hydrogen) atoms. The van der Waals surface area contributed by atoms with Gasteiger partial charge >= 0.3 is 0 Å². The van der Waals surface area contributed by atoms with Crippen LogP contribution in [0.1, 0.15) is 61.1 Å². The Balaban J connectivity index is 1.12. The lowest BCUT2D eigenvalue weighted by molar-refractivity contribution is -0.135. The van der Waals surface area contributed by atoms with E-state index in [4.69, 9.17) is 33.2 Å². The standard InChI is InChI=1S/C44H39Cl2FN8O/c1-22-30-17-36(42-26-13-28(54(42)44(56)23-9-10-23)21-53(20-26)27-16-34-33(51-19-27)8-4-12-49-34)55(41-25-15-35(41)50-18-25)43(30)31-14-24(5-3-11-48)37(39(47)40(31)52-22)29-6-2-7-32(45)38(29)46/h2,4,6-8,12,14,16-17,19,23,25-26,28,35,41-42,50H,3,5,9-10,13,15,18,20-21H2,1H3/t25-,26+,28-,35-,41+,42-/m1/s1. The molecule has 4 saturated heterocycles. The van der Waals surface area contributed by atoms with Crippen LogP contribution in [-0.2, 0) is 11.2 Å². The highest BCUT2D eigenvalue weighted by Crippen LogP contribution is 2.54. The number of amides is 1. The number of nitriles is 1. The Hall–Kier alpha value is -4.82. The predicted octanol–water partition coefficient (Wildman–Crippen LogP) is 8.73. The van der Waals surface area contributed by atoms with Crippen molar-refractivity contribution in [1.29, 1.82) is 5.26 Å². The first-order chi connectivity index (χ1) is 27.3. The molecule has 6 aromatic rings. The topological polar surface area (TPSA) is 103 Å². The summed E-state index contributed by atoms with van der Waals surface area (Å²) >= 11 is 13.2. The number of nitrogens with zero attached hydrogens (tertiary/aromatic N) is 7. The van der Waals surface area contributed by atoms with E-state index in [9.17, 15) is 10.1 Å². The number of carbonyl (C=O) groups is 1. The number of hydrogen-bond donors (Lipinski definition) is 1. The molecule has 6 atom stereocenters. The van der Waals surface area contributed by atoms with Gasteiger partial charge in [-0.2, -0.15) is 5.26 Å². The van der Waals surface area contributed by atoms with E-state index in [2.05, 4.69) is 42.9 Å². The number of rotatable bonds is 7. The van der Waals surface area contributed by atoms with Crippen LogP contribution in [0.25, 0.3) is 44.0 Å². The molecule has 282 valence electrons. The minimum atomic E-state index is -0.468. The zero-order valence-corrected chi connectivity index (χ0v) is 32.4. The van der Waals surface area contributed by atoms with Crippen molar-refractivity contribution >= 4 is 67.6 Å². The Kier molecular flexibility index (Phi) is 7.90. The first-order valence-corrected chi connectivity index (χ1v) is 20.5. The van der Waals surface area contributed by atoms with Gasteiger partial charge in [0.1, 0.15) is 5.52 Å². The maximum atomic E-state index is 17.4. The van der Waals surface area contributed by atoms with Gasteiger partial charge in [-0.05, 0) is 86.9 Å². The normalized spacial score (nSPS) is 25.3. The van der Waals surface area contributed by atoms with E-state index in [1.54, 1.807) is 24.4 Å². The van der Waals surface area contributed by atoms with Gasteiger partial charge in [-0.25, -0.2) is 9.37 Å². The van der Waals surface area contributed by atoms with Gasteiger partial charge in [0.15, 0.2) is 5.82 Å². The third kappa shape index (κ3) is 5.13. The molecule has 2 aliphatic carbocycles. The van der Waals surface area contributed by atoms with Gasteiger partial charge in [0, 0.05) is 83.4 Å². The molecule has 4 bridgehead atoms. The summed E-state index contributed by atoms with van der Waals surface area (Å²) in [6, 6.07) is 18.1. The molecule has 1 N–H and O–H groups in total. The van der Waals surface area contributed by atoms with Crippen molar-refractivity contribution in [2.75, 3.05) is 24.5 Å². The zero-order valence-electron chi connectivity index (χ0n) is 30.9. The number of benzene rings is 2. The fourth-order valence-electron chi connectivity index (χ4n) is 10.6. The molecule has 12 rings (SSSR count). The number of carbonyl (C=O) groups excluding carboxylic acids is 1. The number of pyridine rings is 3. The SMILES string of the molecule is Cc1nc2c(F)c(-c3cccc(Cl)c3Cl)c(CCC#N)cc2c2c1cc([C@H]1[C@H]3C[C@H](CN(c4cnc5cccnc5c4)C3)N1C(=O)C1CC1)n2[C@H]1[C@H]2CN[C@@H]1C2. The van der Waals surface area contributed by atoms with Crippen LogP contribution in [0.15, 0.2) is 60.9 Å². The van der Waals surface area contributed by atoms with Gasteiger partial charge in [0.25, 0.3) is 0 Å². The van der Waals surface area contributed by atoms with Crippen LogP contribution in [0.4, 0.5) is 10.1 Å². The molecular formula is C44H39Cl2FN8O. The molecule has 1 amide bonds. The lowest BCUT2D eigenvalue weighted by Crippen LogP contribution is -2.45. The Bertz CT molecular complexity index is 2670. The Morgan fingerprint density at radius 1 is 1.04 bits per heavy atom. The molecule has 9 nitrogen and oxygen atoms in total. The van der Waals surface area contributed by atoms with Gasteiger partial charge in [-0.1, -0.05) is 35.3 Å². The van der Waals surface area contributed by atoms with E-state index in [-0.39, 0.29) is 58.9 Å². The Morgan fingerprint density at radius 2 is 1.91 bits per heavy atom. The number of fused-ring (bicyclic) bond motifs is 7. The van der Waals surface area contributed by atoms with Gasteiger partial charge in [-0.3, -0.25) is 14.8 Å². The number of nitrogens with one attached hydrogen (secondary N) is 1. The van der Waals surface area contributed by atoms with Crippen molar-refractivity contribution in [1.82, 2.24) is 29.7 Å². The fraction of sp³-hybridized carbons (Fsp3) is 0.386.